The van der Waals surface area contributed by atoms with Gasteiger partial charge in [0.25, 0.3) is 0 Å². The van der Waals surface area contributed by atoms with Crippen molar-refractivity contribution in [2.45, 2.75) is 89.6 Å². The minimum atomic E-state index is -1.11. The molecule has 6 heteroatoms. The monoisotopic (exact) mass is 488 g/mol. The van der Waals surface area contributed by atoms with Crippen LogP contribution in [0.2, 0.25) is 0 Å². The molecular formula is C29H35F3O3. The average molecular weight is 489 g/mol. The molecule has 190 valence electrons. The molecule has 0 bridgehead atoms. The summed E-state index contributed by atoms with van der Waals surface area (Å²) in [5.41, 5.74) is 0.924. The molecule has 0 aromatic heterocycles. The van der Waals surface area contributed by atoms with Crippen LogP contribution in [0.5, 0.6) is 5.75 Å². The Kier molecular flexibility index (Phi) is 8.40. The van der Waals surface area contributed by atoms with Crippen LogP contribution in [-0.4, -0.2) is 18.7 Å². The molecule has 2 aliphatic rings. The van der Waals surface area contributed by atoms with Gasteiger partial charge in [0.05, 0.1) is 12.2 Å². The van der Waals surface area contributed by atoms with Crippen molar-refractivity contribution >= 4 is 5.97 Å². The molecule has 0 spiro atoms. The second-order valence-electron chi connectivity index (χ2n) is 9.96. The lowest BCUT2D eigenvalue weighted by Crippen LogP contribution is -2.25. The number of rotatable bonds is 7. The SMILES string of the molecule is CCOc1ccc(C2CCC(OC(=O)c3ccc(C4CCC(CC)CC4)c(F)c3F)CC2)cc1F. The van der Waals surface area contributed by atoms with Crippen LogP contribution in [0.4, 0.5) is 13.2 Å². The lowest BCUT2D eigenvalue weighted by Gasteiger charge is -2.29. The van der Waals surface area contributed by atoms with Crippen molar-refractivity contribution in [1.82, 2.24) is 0 Å². The largest absolute Gasteiger partial charge is 0.491 e. The van der Waals surface area contributed by atoms with E-state index in [0.717, 1.165) is 50.5 Å². The zero-order valence-corrected chi connectivity index (χ0v) is 20.6. The number of esters is 1. The predicted molar refractivity (Wildman–Crippen MR) is 129 cm³/mol. The maximum atomic E-state index is 14.9. The summed E-state index contributed by atoms with van der Waals surface area (Å²) >= 11 is 0. The summed E-state index contributed by atoms with van der Waals surface area (Å²) < 4.78 is 54.8. The molecule has 2 aliphatic carbocycles. The van der Waals surface area contributed by atoms with Gasteiger partial charge in [-0.05, 0) is 105 Å². The first kappa shape index (κ1) is 25.6. The Bertz CT molecular complexity index is 1020. The first-order valence-electron chi connectivity index (χ1n) is 13.0. The Morgan fingerprint density at radius 2 is 1.54 bits per heavy atom. The molecule has 0 amide bonds. The second kappa shape index (κ2) is 11.5. The smallest absolute Gasteiger partial charge is 0.341 e. The van der Waals surface area contributed by atoms with Crippen molar-refractivity contribution in [1.29, 1.82) is 0 Å². The van der Waals surface area contributed by atoms with Gasteiger partial charge in [-0.15, -0.1) is 0 Å². The third-order valence-electron chi connectivity index (χ3n) is 7.87. The Morgan fingerprint density at radius 3 is 2.17 bits per heavy atom. The Morgan fingerprint density at radius 1 is 0.857 bits per heavy atom. The van der Waals surface area contributed by atoms with Crippen molar-refractivity contribution in [3.63, 3.8) is 0 Å². The van der Waals surface area contributed by atoms with Gasteiger partial charge in [0.1, 0.15) is 6.10 Å². The number of ether oxygens (including phenoxy) is 2. The molecule has 2 aromatic rings. The number of hydrogen-bond acceptors (Lipinski definition) is 3. The molecule has 35 heavy (non-hydrogen) atoms. The van der Waals surface area contributed by atoms with E-state index in [2.05, 4.69) is 6.92 Å². The lowest BCUT2D eigenvalue weighted by atomic mass is 9.77. The van der Waals surface area contributed by atoms with Crippen LogP contribution >= 0.6 is 0 Å². The van der Waals surface area contributed by atoms with E-state index in [-0.39, 0.29) is 35.1 Å². The van der Waals surface area contributed by atoms with Crippen LogP contribution in [-0.2, 0) is 4.74 Å². The molecule has 0 atom stereocenters. The van der Waals surface area contributed by atoms with E-state index < -0.39 is 17.6 Å². The van der Waals surface area contributed by atoms with Crippen LogP contribution in [0, 0.1) is 23.4 Å². The minimum Gasteiger partial charge on any atom is -0.491 e. The van der Waals surface area contributed by atoms with Crippen LogP contribution in [0.15, 0.2) is 30.3 Å². The number of carbonyl (C=O) groups excluding carboxylic acids is 1. The summed E-state index contributed by atoms with van der Waals surface area (Å²) in [4.78, 5) is 12.7. The van der Waals surface area contributed by atoms with E-state index in [4.69, 9.17) is 9.47 Å². The first-order chi connectivity index (χ1) is 16.9. The van der Waals surface area contributed by atoms with Gasteiger partial charge in [0, 0.05) is 0 Å². The molecule has 2 saturated carbocycles. The van der Waals surface area contributed by atoms with Crippen molar-refractivity contribution in [3.05, 3.63) is 64.5 Å². The van der Waals surface area contributed by atoms with Crippen molar-refractivity contribution in [3.8, 4) is 5.75 Å². The highest BCUT2D eigenvalue weighted by Crippen LogP contribution is 2.39. The summed E-state index contributed by atoms with van der Waals surface area (Å²) in [7, 11) is 0. The molecule has 0 N–H and O–H groups in total. The van der Waals surface area contributed by atoms with E-state index >= 15 is 0 Å². The summed E-state index contributed by atoms with van der Waals surface area (Å²) in [6.07, 6.45) is 7.13. The minimum absolute atomic E-state index is 0.0000795. The molecule has 3 nitrogen and oxygen atoms in total. The van der Waals surface area contributed by atoms with Gasteiger partial charge in [-0.3, -0.25) is 0 Å². The molecule has 2 aromatic carbocycles. The predicted octanol–water partition coefficient (Wildman–Crippen LogP) is 8.07. The Hall–Kier alpha value is -2.50. The maximum absolute atomic E-state index is 14.9. The first-order valence-corrected chi connectivity index (χ1v) is 13.0. The van der Waals surface area contributed by atoms with Gasteiger partial charge < -0.3 is 9.47 Å². The highest BCUT2D eigenvalue weighted by molar-refractivity contribution is 5.90. The maximum Gasteiger partial charge on any atom is 0.341 e. The van der Waals surface area contributed by atoms with Crippen LogP contribution in [0.3, 0.4) is 0 Å². The highest BCUT2D eigenvalue weighted by Gasteiger charge is 2.30. The molecule has 4 rings (SSSR count). The van der Waals surface area contributed by atoms with E-state index in [1.54, 1.807) is 12.1 Å². The average Bonchev–Trinajstić information content (AvgIpc) is 2.87. The number of hydrogen-bond donors (Lipinski definition) is 0. The molecule has 0 aliphatic heterocycles. The zero-order chi connectivity index (χ0) is 24.9. The third kappa shape index (κ3) is 5.84. The fourth-order valence-electron chi connectivity index (χ4n) is 5.69. The highest BCUT2D eigenvalue weighted by atomic mass is 19.2. The van der Waals surface area contributed by atoms with Gasteiger partial charge in [0.15, 0.2) is 23.2 Å². The molecule has 2 fully saturated rings. The Balaban J connectivity index is 1.34. The van der Waals surface area contributed by atoms with E-state index in [0.29, 0.717) is 30.9 Å². The zero-order valence-electron chi connectivity index (χ0n) is 20.6. The number of carbonyl (C=O) groups is 1. The summed E-state index contributed by atoms with van der Waals surface area (Å²) in [6.45, 7) is 4.38. The van der Waals surface area contributed by atoms with Gasteiger partial charge in [0.2, 0.25) is 0 Å². The molecule has 0 saturated heterocycles. The van der Waals surface area contributed by atoms with Crippen LogP contribution < -0.4 is 4.74 Å². The summed E-state index contributed by atoms with van der Waals surface area (Å²) in [5.74, 6) is -2.16. The standard InChI is InChI=1S/C29H35F3O3/c1-3-18-5-7-20(8-6-18)23-14-15-24(28(32)27(23)31)29(33)35-22-12-9-19(10-13-22)21-11-16-26(34-4-2)25(30)17-21/h11,14-20,22H,3-10,12-13H2,1-2H3. The fourth-order valence-corrected chi connectivity index (χ4v) is 5.69. The lowest BCUT2D eigenvalue weighted by molar-refractivity contribution is 0.0189. The molecule has 0 heterocycles. The topological polar surface area (TPSA) is 35.5 Å². The third-order valence-corrected chi connectivity index (χ3v) is 7.87. The molecular weight excluding hydrogens is 453 g/mol. The molecule has 0 radical (unpaired) electrons. The number of halogens is 3. The number of benzene rings is 2. The Labute approximate surface area is 206 Å². The van der Waals surface area contributed by atoms with Gasteiger partial charge in [-0.25, -0.2) is 18.0 Å². The van der Waals surface area contributed by atoms with Crippen LogP contribution in [0.1, 0.15) is 105 Å². The summed E-state index contributed by atoms with van der Waals surface area (Å²) in [6, 6.07) is 7.96. The van der Waals surface area contributed by atoms with Crippen LogP contribution in [0.25, 0.3) is 0 Å². The van der Waals surface area contributed by atoms with Gasteiger partial charge in [-0.1, -0.05) is 25.5 Å². The van der Waals surface area contributed by atoms with E-state index in [9.17, 15) is 18.0 Å². The van der Waals surface area contributed by atoms with Crippen molar-refractivity contribution in [2.24, 2.45) is 5.92 Å². The van der Waals surface area contributed by atoms with Crippen molar-refractivity contribution in [2.75, 3.05) is 6.61 Å². The van der Waals surface area contributed by atoms with E-state index in [1.165, 1.54) is 12.1 Å². The van der Waals surface area contributed by atoms with Gasteiger partial charge in [-0.2, -0.15) is 0 Å². The normalized spacial score (nSPS) is 24.7. The van der Waals surface area contributed by atoms with Crippen molar-refractivity contribution < 1.29 is 27.4 Å². The summed E-state index contributed by atoms with van der Waals surface area (Å²) in [5, 5.41) is 0. The quantitative estimate of drug-likeness (QED) is 0.370. The fraction of sp³-hybridized carbons (Fsp3) is 0.552. The van der Waals surface area contributed by atoms with E-state index in [1.807, 2.05) is 13.0 Å². The second-order valence-corrected chi connectivity index (χ2v) is 9.96. The molecule has 0 unspecified atom stereocenters. The van der Waals surface area contributed by atoms with Gasteiger partial charge >= 0.3 is 5.97 Å².